The Balaban J connectivity index is 3.04. The molecular weight excluding hydrogens is 197 g/mol. The highest BCUT2D eigenvalue weighted by atomic mass is 19.1. The minimum absolute atomic E-state index is 0.352. The summed E-state index contributed by atoms with van der Waals surface area (Å²) in [7, 11) is 0. The molecule has 82 valence electrons. The van der Waals surface area contributed by atoms with Crippen molar-refractivity contribution in [2.24, 2.45) is 5.73 Å². The molecule has 0 heterocycles. The van der Waals surface area contributed by atoms with Gasteiger partial charge in [0.15, 0.2) is 0 Å². The first-order valence-corrected chi connectivity index (χ1v) is 4.68. The van der Waals surface area contributed by atoms with Crippen molar-refractivity contribution in [3.63, 3.8) is 0 Å². The van der Waals surface area contributed by atoms with Gasteiger partial charge in [0.2, 0.25) is 0 Å². The van der Waals surface area contributed by atoms with Crippen LogP contribution in [-0.2, 0) is 4.79 Å². The summed E-state index contributed by atoms with van der Waals surface area (Å²) in [6.07, 6.45) is 0. The van der Waals surface area contributed by atoms with Crippen LogP contribution in [0.4, 0.5) is 4.39 Å². The summed E-state index contributed by atoms with van der Waals surface area (Å²) in [6.45, 7) is 3.43. The molecule has 0 saturated carbocycles. The highest BCUT2D eigenvalue weighted by Crippen LogP contribution is 2.22. The van der Waals surface area contributed by atoms with Gasteiger partial charge < -0.3 is 10.8 Å². The minimum Gasteiger partial charge on any atom is -0.480 e. The van der Waals surface area contributed by atoms with E-state index in [9.17, 15) is 9.18 Å². The summed E-state index contributed by atoms with van der Waals surface area (Å²) in [5.74, 6) is -2.07. The van der Waals surface area contributed by atoms with Crippen LogP contribution in [-0.4, -0.2) is 17.1 Å². The molecule has 3 N–H and O–H groups in total. The average molecular weight is 211 g/mol. The number of hydrogen-bond donors (Lipinski definition) is 2. The number of halogens is 1. The van der Waals surface area contributed by atoms with Crippen molar-refractivity contribution in [3.05, 3.63) is 35.1 Å². The number of carboxylic acids is 1. The van der Waals surface area contributed by atoms with E-state index in [1.807, 2.05) is 6.92 Å². The lowest BCUT2D eigenvalue weighted by Crippen LogP contribution is -2.35. The number of nitrogens with two attached hydrogens (primary N) is 1. The Labute approximate surface area is 87.7 Å². The molecule has 0 saturated heterocycles. The van der Waals surface area contributed by atoms with Crippen LogP contribution >= 0.6 is 0 Å². The molecule has 1 aromatic rings. The Morgan fingerprint density at radius 3 is 2.67 bits per heavy atom. The zero-order chi connectivity index (χ0) is 11.6. The largest absolute Gasteiger partial charge is 0.480 e. The lowest BCUT2D eigenvalue weighted by molar-refractivity contribution is -0.139. The monoisotopic (exact) mass is 211 g/mol. The number of benzene rings is 1. The third-order valence-corrected chi connectivity index (χ3v) is 2.47. The van der Waals surface area contributed by atoms with Crippen molar-refractivity contribution >= 4 is 5.97 Å². The number of rotatable bonds is 3. The van der Waals surface area contributed by atoms with Gasteiger partial charge in [0.25, 0.3) is 0 Å². The van der Waals surface area contributed by atoms with Gasteiger partial charge in [-0.25, -0.2) is 4.39 Å². The van der Waals surface area contributed by atoms with Crippen molar-refractivity contribution < 1.29 is 14.3 Å². The van der Waals surface area contributed by atoms with E-state index < -0.39 is 23.7 Å². The fourth-order valence-corrected chi connectivity index (χ4v) is 1.42. The third-order valence-electron chi connectivity index (χ3n) is 2.47. The molecule has 2 atom stereocenters. The van der Waals surface area contributed by atoms with Crippen molar-refractivity contribution in [1.29, 1.82) is 0 Å². The number of hydrogen-bond acceptors (Lipinski definition) is 2. The highest BCUT2D eigenvalue weighted by Gasteiger charge is 2.23. The van der Waals surface area contributed by atoms with Crippen molar-refractivity contribution in [2.45, 2.75) is 25.8 Å². The van der Waals surface area contributed by atoms with Gasteiger partial charge in [-0.3, -0.25) is 4.79 Å². The average Bonchev–Trinajstić information content (AvgIpc) is 2.19. The summed E-state index contributed by atoms with van der Waals surface area (Å²) in [6, 6.07) is 3.51. The summed E-state index contributed by atoms with van der Waals surface area (Å²) in [4.78, 5) is 10.7. The second-order valence-corrected chi connectivity index (χ2v) is 3.68. The van der Waals surface area contributed by atoms with Gasteiger partial charge >= 0.3 is 5.97 Å². The molecule has 0 radical (unpaired) electrons. The molecular formula is C11H14FNO2. The molecule has 15 heavy (non-hydrogen) atoms. The van der Waals surface area contributed by atoms with Crippen LogP contribution in [0.1, 0.15) is 24.0 Å². The molecule has 2 unspecified atom stereocenters. The Hall–Kier alpha value is -1.42. The topological polar surface area (TPSA) is 63.3 Å². The van der Waals surface area contributed by atoms with Crippen molar-refractivity contribution in [3.8, 4) is 0 Å². The molecule has 0 amide bonds. The van der Waals surface area contributed by atoms with E-state index in [1.165, 1.54) is 6.07 Å². The zero-order valence-corrected chi connectivity index (χ0v) is 8.70. The van der Waals surface area contributed by atoms with E-state index in [1.54, 1.807) is 19.1 Å². The highest BCUT2D eigenvalue weighted by molar-refractivity contribution is 5.74. The first kappa shape index (κ1) is 11.7. The van der Waals surface area contributed by atoms with E-state index in [4.69, 9.17) is 10.8 Å². The SMILES string of the molecule is Cc1ccc(F)c(C(C)C(N)C(=O)O)c1. The van der Waals surface area contributed by atoms with Crippen molar-refractivity contribution in [1.82, 2.24) is 0 Å². The van der Waals surface area contributed by atoms with Gasteiger partial charge in [0, 0.05) is 5.92 Å². The van der Waals surface area contributed by atoms with E-state index in [0.29, 0.717) is 5.56 Å². The molecule has 0 aliphatic heterocycles. The molecule has 0 fully saturated rings. The lowest BCUT2D eigenvalue weighted by atomic mass is 9.92. The number of carboxylic acid groups (broad SMARTS) is 1. The first-order valence-electron chi connectivity index (χ1n) is 4.68. The Kier molecular flexibility index (Phi) is 3.42. The Bertz CT molecular complexity index is 379. The van der Waals surface area contributed by atoms with E-state index in [0.717, 1.165) is 5.56 Å². The molecule has 4 heteroatoms. The number of aliphatic carboxylic acids is 1. The maximum absolute atomic E-state index is 13.4. The van der Waals surface area contributed by atoms with Gasteiger partial charge in [0.05, 0.1) is 0 Å². The van der Waals surface area contributed by atoms with Gasteiger partial charge in [0.1, 0.15) is 11.9 Å². The molecule has 0 aromatic heterocycles. The van der Waals surface area contributed by atoms with Crippen LogP contribution in [0, 0.1) is 12.7 Å². The number of carbonyl (C=O) groups is 1. The number of aryl methyl sites for hydroxylation is 1. The van der Waals surface area contributed by atoms with Crippen LogP contribution in [0.5, 0.6) is 0 Å². The van der Waals surface area contributed by atoms with E-state index >= 15 is 0 Å². The molecule has 0 spiro atoms. The Morgan fingerprint density at radius 2 is 2.13 bits per heavy atom. The zero-order valence-electron chi connectivity index (χ0n) is 8.70. The maximum atomic E-state index is 13.4. The minimum atomic E-state index is -1.12. The van der Waals surface area contributed by atoms with E-state index in [2.05, 4.69) is 0 Å². The lowest BCUT2D eigenvalue weighted by Gasteiger charge is -2.17. The van der Waals surface area contributed by atoms with Crippen LogP contribution in [0.15, 0.2) is 18.2 Å². The fraction of sp³-hybridized carbons (Fsp3) is 0.364. The standard InChI is InChI=1S/C11H14FNO2/c1-6-3-4-9(12)8(5-6)7(2)10(13)11(14)15/h3-5,7,10H,13H2,1-2H3,(H,14,15). The van der Waals surface area contributed by atoms with Crippen LogP contribution in [0.25, 0.3) is 0 Å². The molecule has 1 aromatic carbocycles. The van der Waals surface area contributed by atoms with Crippen LogP contribution in [0.3, 0.4) is 0 Å². The molecule has 3 nitrogen and oxygen atoms in total. The van der Waals surface area contributed by atoms with Gasteiger partial charge in [-0.15, -0.1) is 0 Å². The summed E-state index contributed by atoms with van der Waals surface area (Å²) in [5, 5.41) is 8.73. The molecule has 0 bridgehead atoms. The summed E-state index contributed by atoms with van der Waals surface area (Å²) < 4.78 is 13.4. The predicted molar refractivity (Wildman–Crippen MR) is 55.2 cm³/mol. The maximum Gasteiger partial charge on any atom is 0.321 e. The smallest absolute Gasteiger partial charge is 0.321 e. The normalized spacial score (nSPS) is 14.7. The summed E-state index contributed by atoms with van der Waals surface area (Å²) >= 11 is 0. The van der Waals surface area contributed by atoms with Crippen LogP contribution in [0.2, 0.25) is 0 Å². The second kappa shape index (κ2) is 4.40. The molecule has 0 aliphatic carbocycles. The Morgan fingerprint density at radius 1 is 1.53 bits per heavy atom. The van der Waals surface area contributed by atoms with Gasteiger partial charge in [-0.1, -0.05) is 24.6 Å². The molecule has 0 aliphatic rings. The van der Waals surface area contributed by atoms with Gasteiger partial charge in [-0.2, -0.15) is 0 Å². The van der Waals surface area contributed by atoms with Crippen LogP contribution < -0.4 is 5.73 Å². The summed E-state index contributed by atoms with van der Waals surface area (Å²) in [5.41, 5.74) is 6.68. The fourth-order valence-electron chi connectivity index (χ4n) is 1.42. The van der Waals surface area contributed by atoms with Crippen molar-refractivity contribution in [2.75, 3.05) is 0 Å². The quantitative estimate of drug-likeness (QED) is 0.799. The second-order valence-electron chi connectivity index (χ2n) is 3.68. The first-order chi connectivity index (χ1) is 6.93. The molecule has 1 rings (SSSR count). The van der Waals surface area contributed by atoms with Gasteiger partial charge in [-0.05, 0) is 18.6 Å². The third kappa shape index (κ3) is 2.53. The van der Waals surface area contributed by atoms with E-state index in [-0.39, 0.29) is 0 Å². The predicted octanol–water partition coefficient (Wildman–Crippen LogP) is 1.65.